The van der Waals surface area contributed by atoms with Crippen molar-refractivity contribution in [2.75, 3.05) is 20.3 Å². The van der Waals surface area contributed by atoms with Gasteiger partial charge in [-0.05, 0) is 12.0 Å². The number of ether oxygens (including phenoxy) is 2. The summed E-state index contributed by atoms with van der Waals surface area (Å²) >= 11 is 0. The number of benzene rings is 1. The van der Waals surface area contributed by atoms with Crippen LogP contribution in [0.3, 0.4) is 0 Å². The van der Waals surface area contributed by atoms with Crippen molar-refractivity contribution in [3.8, 4) is 0 Å². The summed E-state index contributed by atoms with van der Waals surface area (Å²) in [7, 11) is 1.45. The van der Waals surface area contributed by atoms with Gasteiger partial charge in [0.05, 0.1) is 18.6 Å². The minimum atomic E-state index is -1.19. The van der Waals surface area contributed by atoms with Crippen LogP contribution in [0.1, 0.15) is 5.56 Å². The Hall–Kier alpha value is -2.29. The predicted molar refractivity (Wildman–Crippen MR) is 87.8 cm³/mol. The lowest BCUT2D eigenvalue weighted by molar-refractivity contribution is -0.138. The Balaban J connectivity index is 1.87. The SMILES string of the molecule is COC[C@H](CNC(=O)[C@H]1O[C@@H]1C(=O)O)C(=O)[C@@H](N)Cc1ccccc1. The van der Waals surface area contributed by atoms with Crippen LogP contribution in [0.5, 0.6) is 0 Å². The maximum Gasteiger partial charge on any atom is 0.336 e. The van der Waals surface area contributed by atoms with Crippen molar-refractivity contribution in [2.24, 2.45) is 11.7 Å². The quantitative estimate of drug-likeness (QED) is 0.478. The molecule has 0 spiro atoms. The Morgan fingerprint density at radius 1 is 1.28 bits per heavy atom. The number of nitrogens with one attached hydrogen (secondary N) is 1. The maximum absolute atomic E-state index is 12.5. The lowest BCUT2D eigenvalue weighted by Gasteiger charge is -2.19. The molecular formula is C17H22N2O6. The van der Waals surface area contributed by atoms with Crippen molar-refractivity contribution >= 4 is 17.7 Å². The van der Waals surface area contributed by atoms with E-state index < -0.39 is 36.0 Å². The topological polar surface area (TPSA) is 131 Å². The third-order valence-electron chi connectivity index (χ3n) is 3.95. The average molecular weight is 350 g/mol. The number of carbonyl (C=O) groups excluding carboxylic acids is 2. The molecule has 0 unspecified atom stereocenters. The van der Waals surface area contributed by atoms with Crippen molar-refractivity contribution in [3.63, 3.8) is 0 Å². The molecule has 0 aliphatic carbocycles. The van der Waals surface area contributed by atoms with E-state index in [1.54, 1.807) is 0 Å². The number of amides is 1. The molecule has 4 N–H and O–H groups in total. The molecule has 1 aliphatic heterocycles. The van der Waals surface area contributed by atoms with Gasteiger partial charge in [0.15, 0.2) is 18.0 Å². The van der Waals surface area contributed by atoms with E-state index >= 15 is 0 Å². The van der Waals surface area contributed by atoms with Gasteiger partial charge in [-0.3, -0.25) is 9.59 Å². The normalized spacial score (nSPS) is 21.2. The monoisotopic (exact) mass is 350 g/mol. The molecule has 1 heterocycles. The van der Waals surface area contributed by atoms with Crippen LogP contribution in [-0.4, -0.2) is 61.3 Å². The number of epoxide rings is 1. The van der Waals surface area contributed by atoms with E-state index in [4.69, 9.17) is 20.3 Å². The number of aliphatic carboxylic acids is 1. The van der Waals surface area contributed by atoms with Gasteiger partial charge in [-0.25, -0.2) is 4.79 Å². The highest BCUT2D eigenvalue weighted by Gasteiger charge is 2.50. The molecule has 1 amide bonds. The van der Waals surface area contributed by atoms with Crippen LogP contribution in [0, 0.1) is 5.92 Å². The van der Waals surface area contributed by atoms with Crippen molar-refractivity contribution in [1.29, 1.82) is 0 Å². The maximum atomic E-state index is 12.5. The summed E-state index contributed by atoms with van der Waals surface area (Å²) in [5.74, 6) is -2.58. The van der Waals surface area contributed by atoms with Gasteiger partial charge >= 0.3 is 5.97 Å². The van der Waals surface area contributed by atoms with Gasteiger partial charge in [-0.15, -0.1) is 0 Å². The highest BCUT2D eigenvalue weighted by Crippen LogP contribution is 2.22. The fourth-order valence-electron chi connectivity index (χ4n) is 2.54. The number of Topliss-reactive ketones (excluding diaryl/α,β-unsaturated/α-hetero) is 1. The van der Waals surface area contributed by atoms with E-state index in [9.17, 15) is 14.4 Å². The van der Waals surface area contributed by atoms with E-state index in [1.807, 2.05) is 30.3 Å². The van der Waals surface area contributed by atoms with Crippen LogP contribution in [-0.2, 0) is 30.3 Å². The van der Waals surface area contributed by atoms with Gasteiger partial charge in [0.25, 0.3) is 5.91 Å². The lowest BCUT2D eigenvalue weighted by atomic mass is 9.94. The number of hydrogen-bond acceptors (Lipinski definition) is 6. The van der Waals surface area contributed by atoms with Gasteiger partial charge in [0.2, 0.25) is 0 Å². The van der Waals surface area contributed by atoms with Crippen LogP contribution in [0.4, 0.5) is 0 Å². The summed E-state index contributed by atoms with van der Waals surface area (Å²) in [5.41, 5.74) is 6.94. The third-order valence-corrected chi connectivity index (χ3v) is 3.95. The molecule has 8 heteroatoms. The fourth-order valence-corrected chi connectivity index (χ4v) is 2.54. The molecule has 1 saturated heterocycles. The molecule has 136 valence electrons. The van der Waals surface area contributed by atoms with E-state index in [-0.39, 0.29) is 18.9 Å². The lowest BCUT2D eigenvalue weighted by Crippen LogP contribution is -2.45. The second kappa shape index (κ2) is 8.70. The zero-order chi connectivity index (χ0) is 18.4. The third kappa shape index (κ3) is 5.35. The van der Waals surface area contributed by atoms with E-state index in [0.717, 1.165) is 5.56 Å². The number of hydrogen-bond donors (Lipinski definition) is 3. The molecule has 0 radical (unpaired) electrons. The Kier molecular flexibility index (Phi) is 6.63. The van der Waals surface area contributed by atoms with Crippen LogP contribution in [0.15, 0.2) is 30.3 Å². The van der Waals surface area contributed by atoms with Crippen molar-refractivity contribution < 1.29 is 29.0 Å². The summed E-state index contributed by atoms with van der Waals surface area (Å²) < 4.78 is 9.81. The second-order valence-corrected chi connectivity index (χ2v) is 5.91. The largest absolute Gasteiger partial charge is 0.479 e. The minimum absolute atomic E-state index is 0.0141. The number of carboxylic acid groups (broad SMARTS) is 1. The molecule has 4 atom stereocenters. The highest BCUT2D eigenvalue weighted by molar-refractivity contribution is 5.92. The van der Waals surface area contributed by atoms with Crippen LogP contribution < -0.4 is 11.1 Å². The molecule has 0 bridgehead atoms. The van der Waals surface area contributed by atoms with Gasteiger partial charge in [0.1, 0.15) is 0 Å². The molecule has 8 nitrogen and oxygen atoms in total. The molecule has 1 fully saturated rings. The zero-order valence-electron chi connectivity index (χ0n) is 13.9. The standard InChI is InChI=1S/C17H22N2O6/c1-24-9-11(8-19-16(21)14-15(25-14)17(22)23)13(20)12(18)7-10-5-3-2-4-6-10/h2-6,11-12,14-15H,7-9,18H2,1H3,(H,19,21)(H,22,23)/t11-,12-,14-,15-/m0/s1. The summed E-state index contributed by atoms with van der Waals surface area (Å²) in [4.78, 5) is 35.0. The molecule has 0 aromatic heterocycles. The number of carboxylic acids is 1. The van der Waals surface area contributed by atoms with Crippen molar-refractivity contribution in [1.82, 2.24) is 5.32 Å². The van der Waals surface area contributed by atoms with Crippen LogP contribution in [0.2, 0.25) is 0 Å². The Morgan fingerprint density at radius 3 is 2.52 bits per heavy atom. The second-order valence-electron chi connectivity index (χ2n) is 5.91. The van der Waals surface area contributed by atoms with Gasteiger partial charge in [-0.1, -0.05) is 30.3 Å². The summed E-state index contributed by atoms with van der Waals surface area (Å²) in [5, 5.41) is 11.3. The van der Waals surface area contributed by atoms with Crippen LogP contribution in [0.25, 0.3) is 0 Å². The minimum Gasteiger partial charge on any atom is -0.479 e. The Labute approximate surface area is 145 Å². The number of nitrogens with two attached hydrogens (primary N) is 1. The Bertz CT molecular complexity index is 621. The first-order chi connectivity index (χ1) is 11.9. The molecule has 1 aromatic carbocycles. The molecule has 0 saturated carbocycles. The average Bonchev–Trinajstić information content (AvgIpc) is 3.39. The Morgan fingerprint density at radius 2 is 1.96 bits per heavy atom. The number of methoxy groups -OCH3 is 1. The predicted octanol–water partition coefficient (Wildman–Crippen LogP) is -0.644. The van der Waals surface area contributed by atoms with Gasteiger partial charge in [-0.2, -0.15) is 0 Å². The van der Waals surface area contributed by atoms with E-state index in [1.165, 1.54) is 7.11 Å². The first-order valence-electron chi connectivity index (χ1n) is 7.92. The first kappa shape index (κ1) is 19.0. The summed E-state index contributed by atoms with van der Waals surface area (Å²) in [6, 6.07) is 8.67. The summed E-state index contributed by atoms with van der Waals surface area (Å²) in [6.45, 7) is 0.121. The molecular weight excluding hydrogens is 328 g/mol. The zero-order valence-corrected chi connectivity index (χ0v) is 13.9. The molecule has 1 aliphatic rings. The first-order valence-corrected chi connectivity index (χ1v) is 7.92. The number of carbonyl (C=O) groups is 3. The van der Waals surface area contributed by atoms with Crippen molar-refractivity contribution in [3.05, 3.63) is 35.9 Å². The van der Waals surface area contributed by atoms with Crippen LogP contribution >= 0.6 is 0 Å². The smallest absolute Gasteiger partial charge is 0.336 e. The highest BCUT2D eigenvalue weighted by atomic mass is 16.6. The molecule has 1 aromatic rings. The number of rotatable bonds is 10. The molecule has 25 heavy (non-hydrogen) atoms. The number of ketones is 1. The van der Waals surface area contributed by atoms with E-state index in [0.29, 0.717) is 6.42 Å². The van der Waals surface area contributed by atoms with Crippen molar-refractivity contribution in [2.45, 2.75) is 24.7 Å². The van der Waals surface area contributed by atoms with Gasteiger partial charge in [0, 0.05) is 13.7 Å². The van der Waals surface area contributed by atoms with E-state index in [2.05, 4.69) is 5.32 Å². The summed E-state index contributed by atoms with van der Waals surface area (Å²) in [6.07, 6.45) is -1.73. The van der Waals surface area contributed by atoms with Gasteiger partial charge < -0.3 is 25.6 Å². The molecule has 2 rings (SSSR count). The fraction of sp³-hybridized carbons (Fsp3) is 0.471.